The maximum atomic E-state index is 12.3. The Morgan fingerprint density at radius 2 is 1.89 bits per heavy atom. The molecule has 0 spiro atoms. The molecule has 2 aromatic rings. The third-order valence-electron chi connectivity index (χ3n) is 2.90. The molecule has 0 aliphatic heterocycles. The van der Waals surface area contributed by atoms with Crippen LogP contribution in [0.25, 0.3) is 0 Å². The Morgan fingerprint density at radius 3 is 2.42 bits per heavy atom. The Hall–Kier alpha value is -1.73. The molecule has 6 nitrogen and oxygen atoms in total. The number of nitrogens with zero attached hydrogens (tertiary/aromatic N) is 4. The minimum absolute atomic E-state index is 0.187. The van der Waals surface area contributed by atoms with Crippen LogP contribution in [0.4, 0.5) is 0 Å². The van der Waals surface area contributed by atoms with E-state index in [1.807, 2.05) is 6.92 Å². The summed E-state index contributed by atoms with van der Waals surface area (Å²) in [7, 11) is -0.234. The van der Waals surface area contributed by atoms with E-state index < -0.39 is 10.0 Å². The number of aryl methyl sites for hydroxylation is 2. The highest BCUT2D eigenvalue weighted by molar-refractivity contribution is 7.89. The first-order valence-corrected chi connectivity index (χ1v) is 7.21. The zero-order valence-electron chi connectivity index (χ0n) is 11.1. The lowest BCUT2D eigenvalue weighted by molar-refractivity contribution is 0.447. The molecule has 2 rings (SSSR count). The monoisotopic (exact) mass is 280 g/mol. The first kappa shape index (κ1) is 13.7. The molecule has 0 aliphatic rings. The van der Waals surface area contributed by atoms with Crippen LogP contribution in [-0.2, 0) is 23.6 Å². The van der Waals surface area contributed by atoms with Crippen molar-refractivity contribution in [3.8, 4) is 0 Å². The van der Waals surface area contributed by atoms with Gasteiger partial charge in [-0.25, -0.2) is 13.4 Å². The summed E-state index contributed by atoms with van der Waals surface area (Å²) >= 11 is 0. The lowest BCUT2D eigenvalue weighted by atomic mass is 10.2. The average molecular weight is 280 g/mol. The number of aromatic nitrogens is 3. The average Bonchev–Trinajstić information content (AvgIpc) is 2.75. The van der Waals surface area contributed by atoms with Crippen LogP contribution < -0.4 is 0 Å². The summed E-state index contributed by atoms with van der Waals surface area (Å²) in [6.07, 6.45) is 1.40. The molecule has 0 radical (unpaired) electrons. The van der Waals surface area contributed by atoms with Gasteiger partial charge in [-0.15, -0.1) is 0 Å². The number of benzene rings is 1. The van der Waals surface area contributed by atoms with Gasteiger partial charge in [0.2, 0.25) is 10.0 Å². The van der Waals surface area contributed by atoms with E-state index >= 15 is 0 Å². The Bertz CT molecular complexity index is 661. The van der Waals surface area contributed by atoms with Crippen molar-refractivity contribution in [1.82, 2.24) is 19.1 Å². The maximum absolute atomic E-state index is 12.3. The van der Waals surface area contributed by atoms with Crippen LogP contribution in [0.5, 0.6) is 0 Å². The van der Waals surface area contributed by atoms with Gasteiger partial charge in [-0.3, -0.25) is 4.68 Å². The number of rotatable bonds is 4. The topological polar surface area (TPSA) is 68.1 Å². The summed E-state index contributed by atoms with van der Waals surface area (Å²) in [6, 6.07) is 6.78. The van der Waals surface area contributed by atoms with E-state index in [-0.39, 0.29) is 11.4 Å². The van der Waals surface area contributed by atoms with Crippen LogP contribution in [0.3, 0.4) is 0 Å². The van der Waals surface area contributed by atoms with E-state index in [0.717, 1.165) is 5.56 Å². The zero-order valence-corrected chi connectivity index (χ0v) is 11.9. The van der Waals surface area contributed by atoms with Crippen LogP contribution in [0.1, 0.15) is 11.4 Å². The van der Waals surface area contributed by atoms with Gasteiger partial charge in [-0.2, -0.15) is 9.40 Å². The van der Waals surface area contributed by atoms with Gasteiger partial charge in [-0.1, -0.05) is 17.7 Å². The van der Waals surface area contributed by atoms with Gasteiger partial charge in [0, 0.05) is 14.1 Å². The molecule has 0 aliphatic carbocycles. The minimum Gasteiger partial charge on any atom is -0.252 e. The highest BCUT2D eigenvalue weighted by Crippen LogP contribution is 2.16. The highest BCUT2D eigenvalue weighted by Gasteiger charge is 2.22. The summed E-state index contributed by atoms with van der Waals surface area (Å²) in [5.74, 6) is 0.596. The van der Waals surface area contributed by atoms with Crippen molar-refractivity contribution in [2.45, 2.75) is 18.4 Å². The van der Waals surface area contributed by atoms with Crippen LogP contribution >= 0.6 is 0 Å². The van der Waals surface area contributed by atoms with E-state index in [1.165, 1.54) is 17.7 Å². The van der Waals surface area contributed by atoms with Gasteiger partial charge in [0.05, 0.1) is 11.4 Å². The third kappa shape index (κ3) is 2.82. The second kappa shape index (κ2) is 5.10. The summed E-state index contributed by atoms with van der Waals surface area (Å²) < 4.78 is 27.5. The van der Waals surface area contributed by atoms with E-state index in [2.05, 4.69) is 10.1 Å². The van der Waals surface area contributed by atoms with Crippen LogP contribution in [0.15, 0.2) is 35.5 Å². The van der Waals surface area contributed by atoms with Gasteiger partial charge in [0.1, 0.15) is 12.2 Å². The van der Waals surface area contributed by atoms with E-state index in [0.29, 0.717) is 5.82 Å². The Balaban J connectivity index is 2.24. The van der Waals surface area contributed by atoms with Crippen molar-refractivity contribution in [3.05, 3.63) is 42.0 Å². The van der Waals surface area contributed by atoms with Crippen molar-refractivity contribution < 1.29 is 8.42 Å². The van der Waals surface area contributed by atoms with Crippen molar-refractivity contribution in [2.24, 2.45) is 7.05 Å². The lowest BCUT2D eigenvalue weighted by Crippen LogP contribution is -2.27. The van der Waals surface area contributed by atoms with E-state index in [1.54, 1.807) is 36.0 Å². The molecule has 0 N–H and O–H groups in total. The fourth-order valence-corrected chi connectivity index (χ4v) is 2.76. The number of sulfonamides is 1. The molecular weight excluding hydrogens is 264 g/mol. The van der Waals surface area contributed by atoms with Crippen LogP contribution in [0, 0.1) is 6.92 Å². The number of hydrogen-bond acceptors (Lipinski definition) is 4. The van der Waals surface area contributed by atoms with Gasteiger partial charge < -0.3 is 0 Å². The minimum atomic E-state index is -3.50. The molecule has 0 fully saturated rings. The van der Waals surface area contributed by atoms with Crippen LogP contribution in [0.2, 0.25) is 0 Å². The van der Waals surface area contributed by atoms with Crippen LogP contribution in [-0.4, -0.2) is 34.5 Å². The predicted octanol–water partition coefficient (Wildman–Crippen LogP) is 0.944. The molecular formula is C12H16N4O2S. The summed E-state index contributed by atoms with van der Waals surface area (Å²) in [6.45, 7) is 2.10. The highest BCUT2D eigenvalue weighted by atomic mass is 32.2. The fourth-order valence-electron chi connectivity index (χ4n) is 1.64. The number of hydrogen-bond donors (Lipinski definition) is 0. The second-order valence-electron chi connectivity index (χ2n) is 4.37. The molecule has 0 amide bonds. The third-order valence-corrected chi connectivity index (χ3v) is 4.72. The van der Waals surface area contributed by atoms with Crippen molar-refractivity contribution in [2.75, 3.05) is 7.05 Å². The normalized spacial score (nSPS) is 12.0. The molecule has 0 unspecified atom stereocenters. The molecule has 0 bridgehead atoms. The van der Waals surface area contributed by atoms with Gasteiger partial charge in [0.15, 0.2) is 0 Å². The molecule has 1 aromatic heterocycles. The SMILES string of the molecule is Cc1ccc(S(=O)(=O)N(C)Cc2ncnn2C)cc1. The second-order valence-corrected chi connectivity index (χ2v) is 6.42. The first-order valence-electron chi connectivity index (χ1n) is 5.77. The molecule has 1 aromatic carbocycles. The molecule has 0 saturated heterocycles. The molecule has 102 valence electrons. The first-order chi connectivity index (χ1) is 8.91. The Morgan fingerprint density at radius 1 is 1.26 bits per heavy atom. The predicted molar refractivity (Wildman–Crippen MR) is 70.8 cm³/mol. The quantitative estimate of drug-likeness (QED) is 0.836. The molecule has 0 saturated carbocycles. The van der Waals surface area contributed by atoms with Gasteiger partial charge in [-0.05, 0) is 19.1 Å². The smallest absolute Gasteiger partial charge is 0.243 e. The molecule has 0 atom stereocenters. The largest absolute Gasteiger partial charge is 0.252 e. The lowest BCUT2D eigenvalue weighted by Gasteiger charge is -2.16. The summed E-state index contributed by atoms with van der Waals surface area (Å²) in [5, 5.41) is 3.92. The van der Waals surface area contributed by atoms with E-state index in [9.17, 15) is 8.42 Å². The van der Waals surface area contributed by atoms with Crippen molar-refractivity contribution in [1.29, 1.82) is 0 Å². The summed E-state index contributed by atoms with van der Waals surface area (Å²) in [4.78, 5) is 4.30. The molecule has 19 heavy (non-hydrogen) atoms. The van der Waals surface area contributed by atoms with E-state index in [4.69, 9.17) is 0 Å². The maximum Gasteiger partial charge on any atom is 0.243 e. The molecule has 7 heteroatoms. The standard InChI is InChI=1S/C12H16N4O2S/c1-10-4-6-11(7-5-10)19(17,18)15(2)8-12-13-9-14-16(12)3/h4-7,9H,8H2,1-3H3. The molecule has 1 heterocycles. The summed E-state index contributed by atoms with van der Waals surface area (Å²) in [5.41, 5.74) is 1.02. The van der Waals surface area contributed by atoms with Crippen molar-refractivity contribution >= 4 is 10.0 Å². The Labute approximate surface area is 112 Å². The van der Waals surface area contributed by atoms with Gasteiger partial charge in [0.25, 0.3) is 0 Å². The Kier molecular flexibility index (Phi) is 3.68. The zero-order chi connectivity index (χ0) is 14.0. The van der Waals surface area contributed by atoms with Gasteiger partial charge >= 0.3 is 0 Å². The fraction of sp³-hybridized carbons (Fsp3) is 0.333. The van der Waals surface area contributed by atoms with Crippen molar-refractivity contribution in [3.63, 3.8) is 0 Å².